The van der Waals surface area contributed by atoms with Crippen LogP contribution in [0, 0.1) is 0 Å². The van der Waals surface area contributed by atoms with Gasteiger partial charge in [0.2, 0.25) is 0 Å². The summed E-state index contributed by atoms with van der Waals surface area (Å²) in [5.41, 5.74) is 1.35. The number of carboxylic acid groups (broad SMARTS) is 1. The molecule has 0 aromatic carbocycles. The molecular formula is C12H12N2O3S. The van der Waals surface area contributed by atoms with Crippen molar-refractivity contribution in [1.29, 1.82) is 0 Å². The van der Waals surface area contributed by atoms with Crippen molar-refractivity contribution < 1.29 is 14.3 Å². The van der Waals surface area contributed by atoms with Gasteiger partial charge >= 0.3 is 11.9 Å². The van der Waals surface area contributed by atoms with Gasteiger partial charge in [0.25, 0.3) is 5.89 Å². The van der Waals surface area contributed by atoms with E-state index in [9.17, 15) is 4.79 Å². The molecule has 0 radical (unpaired) electrons. The van der Waals surface area contributed by atoms with E-state index in [1.54, 1.807) is 11.3 Å². The van der Waals surface area contributed by atoms with Gasteiger partial charge in [0, 0.05) is 4.88 Å². The third-order valence-corrected chi connectivity index (χ3v) is 4.29. The Labute approximate surface area is 107 Å². The number of rotatable bonds is 2. The van der Waals surface area contributed by atoms with Crippen LogP contribution in [0.2, 0.25) is 0 Å². The molecule has 0 amide bonds. The Bertz CT molecular complexity index is 564. The van der Waals surface area contributed by atoms with Crippen LogP contribution in [-0.4, -0.2) is 21.3 Å². The van der Waals surface area contributed by atoms with Gasteiger partial charge in [0.05, 0.1) is 4.88 Å². The molecule has 1 aliphatic rings. The quantitative estimate of drug-likeness (QED) is 0.844. The number of thiophene rings is 1. The van der Waals surface area contributed by atoms with Crippen LogP contribution in [0.4, 0.5) is 0 Å². The number of fused-ring (bicyclic) bond motifs is 1. The van der Waals surface area contributed by atoms with Crippen LogP contribution in [0.3, 0.4) is 0 Å². The molecule has 0 aliphatic heterocycles. The minimum Gasteiger partial charge on any atom is -0.474 e. The summed E-state index contributed by atoms with van der Waals surface area (Å²) in [7, 11) is 0. The van der Waals surface area contributed by atoms with Gasteiger partial charge in [0.15, 0.2) is 0 Å². The molecule has 5 nitrogen and oxygen atoms in total. The van der Waals surface area contributed by atoms with Crippen molar-refractivity contribution in [2.24, 2.45) is 0 Å². The van der Waals surface area contributed by atoms with Gasteiger partial charge in [-0.3, -0.25) is 0 Å². The predicted molar refractivity (Wildman–Crippen MR) is 65.8 cm³/mol. The Morgan fingerprint density at radius 2 is 2.11 bits per heavy atom. The molecule has 0 spiro atoms. The topological polar surface area (TPSA) is 76.2 Å². The van der Waals surface area contributed by atoms with Crippen LogP contribution in [0.25, 0.3) is 10.8 Å². The van der Waals surface area contributed by atoms with Crippen molar-refractivity contribution in [2.45, 2.75) is 32.1 Å². The second kappa shape index (κ2) is 4.53. The molecule has 0 fully saturated rings. The number of aromatic carboxylic acids is 1. The average molecular weight is 264 g/mol. The first-order chi connectivity index (χ1) is 8.74. The number of nitrogens with zero attached hydrogens (tertiary/aromatic N) is 2. The summed E-state index contributed by atoms with van der Waals surface area (Å²) in [6.07, 6.45) is 5.90. The van der Waals surface area contributed by atoms with Gasteiger partial charge < -0.3 is 9.52 Å². The van der Waals surface area contributed by atoms with E-state index in [0.29, 0.717) is 5.89 Å². The fourth-order valence-corrected chi connectivity index (χ4v) is 3.36. The van der Waals surface area contributed by atoms with Crippen LogP contribution >= 0.6 is 11.3 Å². The first-order valence-corrected chi connectivity index (χ1v) is 6.74. The van der Waals surface area contributed by atoms with Crippen molar-refractivity contribution in [3.63, 3.8) is 0 Å². The van der Waals surface area contributed by atoms with E-state index in [-0.39, 0.29) is 5.89 Å². The van der Waals surface area contributed by atoms with Gasteiger partial charge in [-0.25, -0.2) is 4.79 Å². The molecule has 0 unspecified atom stereocenters. The van der Waals surface area contributed by atoms with Crippen LogP contribution in [-0.2, 0) is 12.8 Å². The Morgan fingerprint density at radius 1 is 1.28 bits per heavy atom. The Kier molecular flexibility index (Phi) is 2.87. The lowest BCUT2D eigenvalue weighted by molar-refractivity contribution is 0.0654. The molecule has 0 bridgehead atoms. The molecule has 2 aromatic rings. The van der Waals surface area contributed by atoms with E-state index < -0.39 is 5.97 Å². The number of carboxylic acids is 1. The molecule has 6 heteroatoms. The van der Waals surface area contributed by atoms with Crippen LogP contribution in [0.5, 0.6) is 0 Å². The second-order valence-corrected chi connectivity index (χ2v) is 5.47. The molecule has 2 aromatic heterocycles. The summed E-state index contributed by atoms with van der Waals surface area (Å²) in [5, 5.41) is 16.0. The van der Waals surface area contributed by atoms with Crippen molar-refractivity contribution in [3.05, 3.63) is 22.4 Å². The van der Waals surface area contributed by atoms with Crippen LogP contribution in [0.1, 0.15) is 40.4 Å². The summed E-state index contributed by atoms with van der Waals surface area (Å²) in [4.78, 5) is 12.9. The highest BCUT2D eigenvalue weighted by Crippen LogP contribution is 2.34. The molecule has 1 aliphatic carbocycles. The number of aryl methyl sites for hydroxylation is 2. The number of hydrogen-bond donors (Lipinski definition) is 1. The van der Waals surface area contributed by atoms with Crippen LogP contribution < -0.4 is 0 Å². The fourth-order valence-electron chi connectivity index (χ4n) is 2.18. The van der Waals surface area contributed by atoms with Crippen LogP contribution in [0.15, 0.2) is 10.5 Å². The SMILES string of the molecule is O=C(O)c1nnc(-c2cc3c(s2)CCCCC3)o1. The minimum atomic E-state index is -1.19. The molecule has 0 atom stereocenters. The highest BCUT2D eigenvalue weighted by molar-refractivity contribution is 7.15. The van der Waals surface area contributed by atoms with Gasteiger partial charge in [-0.15, -0.1) is 21.5 Å². The highest BCUT2D eigenvalue weighted by atomic mass is 32.1. The molecule has 0 saturated heterocycles. The normalized spacial score (nSPS) is 15.1. The maximum absolute atomic E-state index is 10.7. The molecule has 3 rings (SSSR count). The average Bonchev–Trinajstić information content (AvgIpc) is 2.92. The van der Waals surface area contributed by atoms with Gasteiger partial charge in [0.1, 0.15) is 0 Å². The third kappa shape index (κ3) is 2.03. The Morgan fingerprint density at radius 3 is 2.89 bits per heavy atom. The van der Waals surface area contributed by atoms with E-state index in [2.05, 4.69) is 16.3 Å². The summed E-state index contributed by atoms with van der Waals surface area (Å²) in [5.74, 6) is -1.23. The van der Waals surface area contributed by atoms with Crippen molar-refractivity contribution in [2.75, 3.05) is 0 Å². The third-order valence-electron chi connectivity index (χ3n) is 3.07. The predicted octanol–water partition coefficient (Wildman–Crippen LogP) is 2.77. The number of carbonyl (C=O) groups is 1. The van der Waals surface area contributed by atoms with Crippen molar-refractivity contribution in [1.82, 2.24) is 10.2 Å². The van der Waals surface area contributed by atoms with Gasteiger partial charge in [-0.2, -0.15) is 0 Å². The monoisotopic (exact) mass is 264 g/mol. The van der Waals surface area contributed by atoms with E-state index >= 15 is 0 Å². The van der Waals surface area contributed by atoms with E-state index in [0.717, 1.165) is 17.7 Å². The lowest BCUT2D eigenvalue weighted by Crippen LogP contribution is -1.95. The van der Waals surface area contributed by atoms with E-state index in [1.807, 2.05) is 0 Å². The summed E-state index contributed by atoms with van der Waals surface area (Å²) in [6.45, 7) is 0. The van der Waals surface area contributed by atoms with E-state index in [4.69, 9.17) is 9.52 Å². The van der Waals surface area contributed by atoms with Crippen molar-refractivity contribution >= 4 is 17.3 Å². The van der Waals surface area contributed by atoms with Gasteiger partial charge in [-0.1, -0.05) is 6.42 Å². The Balaban J connectivity index is 1.94. The van der Waals surface area contributed by atoms with Gasteiger partial charge in [-0.05, 0) is 37.3 Å². The summed E-state index contributed by atoms with van der Waals surface area (Å²) >= 11 is 1.64. The maximum atomic E-state index is 10.7. The molecular weight excluding hydrogens is 252 g/mol. The maximum Gasteiger partial charge on any atom is 0.393 e. The first-order valence-electron chi connectivity index (χ1n) is 5.93. The van der Waals surface area contributed by atoms with Crippen molar-refractivity contribution in [3.8, 4) is 10.8 Å². The second-order valence-electron chi connectivity index (χ2n) is 4.34. The standard InChI is InChI=1S/C12H12N2O3S/c15-12(16)11-14-13-10(17-11)9-6-7-4-2-1-3-5-8(7)18-9/h6H,1-5H2,(H,15,16). The lowest BCUT2D eigenvalue weighted by Gasteiger charge is -1.92. The minimum absolute atomic E-state index is 0.311. The molecule has 94 valence electrons. The fraction of sp³-hybridized carbons (Fsp3) is 0.417. The lowest BCUT2D eigenvalue weighted by atomic mass is 10.1. The molecule has 1 N–H and O–H groups in total. The zero-order valence-corrected chi connectivity index (χ0v) is 10.5. The first kappa shape index (κ1) is 11.4. The summed E-state index contributed by atoms with van der Waals surface area (Å²) in [6, 6.07) is 2.06. The number of hydrogen-bond acceptors (Lipinski definition) is 5. The number of aromatic nitrogens is 2. The largest absolute Gasteiger partial charge is 0.474 e. The zero-order chi connectivity index (χ0) is 12.5. The zero-order valence-electron chi connectivity index (χ0n) is 9.68. The Hall–Kier alpha value is -1.69. The van der Waals surface area contributed by atoms with E-state index in [1.165, 1.54) is 29.7 Å². The molecule has 0 saturated carbocycles. The molecule has 2 heterocycles. The highest BCUT2D eigenvalue weighted by Gasteiger charge is 2.19. The summed E-state index contributed by atoms with van der Waals surface area (Å²) < 4.78 is 5.13. The smallest absolute Gasteiger partial charge is 0.393 e. The molecule has 18 heavy (non-hydrogen) atoms.